The van der Waals surface area contributed by atoms with Crippen LogP contribution in [0.1, 0.15) is 17.2 Å². The Bertz CT molecular complexity index is 423. The number of aliphatic hydroxyl groups is 2. The number of fused-ring (bicyclic) bond motifs is 1. The topological polar surface area (TPSA) is 82.8 Å². The highest BCUT2D eigenvalue weighted by molar-refractivity contribution is 6.44. The van der Waals surface area contributed by atoms with Gasteiger partial charge in [-0.15, -0.1) is 0 Å². The third-order valence-electron chi connectivity index (χ3n) is 2.61. The molecule has 0 radical (unpaired) electrons. The van der Waals surface area contributed by atoms with Crippen LogP contribution in [0.25, 0.3) is 5.76 Å². The van der Waals surface area contributed by atoms with Crippen molar-refractivity contribution in [2.24, 2.45) is 0 Å². The van der Waals surface area contributed by atoms with Crippen molar-refractivity contribution in [3.05, 3.63) is 30.1 Å². The summed E-state index contributed by atoms with van der Waals surface area (Å²) in [6.45, 7) is 3.29. The van der Waals surface area contributed by atoms with Gasteiger partial charge in [-0.05, 0) is 6.07 Å². The number of pyridine rings is 1. The van der Waals surface area contributed by atoms with Crippen LogP contribution in [0.2, 0.25) is 6.32 Å². The summed E-state index contributed by atoms with van der Waals surface area (Å²) in [4.78, 5) is 3.93. The lowest BCUT2D eigenvalue weighted by Gasteiger charge is -2.27. The molecule has 0 amide bonds. The number of aromatic nitrogens is 1. The van der Waals surface area contributed by atoms with Gasteiger partial charge in [-0.3, -0.25) is 0 Å². The molecule has 0 bridgehead atoms. The fraction of sp³-hybridized carbons (Fsp3) is 0.300. The Morgan fingerprint density at radius 3 is 3.06 bits per heavy atom. The zero-order valence-corrected chi connectivity index (χ0v) is 8.63. The summed E-state index contributed by atoms with van der Waals surface area (Å²) >= 11 is 0. The fourth-order valence-corrected chi connectivity index (χ4v) is 1.84. The lowest BCUT2D eigenvalue weighted by molar-refractivity contribution is 0.257. The number of aliphatic hydroxyl groups excluding tert-OH is 2. The van der Waals surface area contributed by atoms with E-state index < -0.39 is 7.12 Å². The second kappa shape index (κ2) is 4.15. The normalized spacial score (nSPS) is 18.9. The molecule has 2 heterocycles. The summed E-state index contributed by atoms with van der Waals surface area (Å²) in [7, 11) is -0.994. The summed E-state index contributed by atoms with van der Waals surface area (Å²) in [5.41, 5.74) is 0.933. The molecular weight excluding hydrogens is 209 g/mol. The molecule has 0 spiro atoms. The highest BCUT2D eigenvalue weighted by Crippen LogP contribution is 2.38. The van der Waals surface area contributed by atoms with Crippen LogP contribution in [-0.4, -0.2) is 33.9 Å². The minimum Gasteiger partial charge on any atom is -0.534 e. The Labute approximate surface area is 93.2 Å². The summed E-state index contributed by atoms with van der Waals surface area (Å²) in [6, 6.07) is 1.70. The van der Waals surface area contributed by atoms with Crippen LogP contribution in [0.4, 0.5) is 0 Å². The van der Waals surface area contributed by atoms with Crippen LogP contribution in [0.15, 0.2) is 18.8 Å². The third-order valence-corrected chi connectivity index (χ3v) is 2.61. The van der Waals surface area contributed by atoms with E-state index >= 15 is 0 Å². The molecule has 0 aliphatic carbocycles. The van der Waals surface area contributed by atoms with Crippen molar-refractivity contribution >= 4 is 12.9 Å². The molecular formula is C10H12BNO4. The van der Waals surface area contributed by atoms with Crippen LogP contribution in [0, 0.1) is 0 Å². The maximum atomic E-state index is 9.49. The van der Waals surface area contributed by atoms with E-state index in [-0.39, 0.29) is 24.0 Å². The van der Waals surface area contributed by atoms with Gasteiger partial charge in [0.2, 0.25) is 0 Å². The molecule has 3 N–H and O–H groups in total. The van der Waals surface area contributed by atoms with Crippen molar-refractivity contribution < 1.29 is 19.9 Å². The lowest BCUT2D eigenvalue weighted by Crippen LogP contribution is -2.31. The van der Waals surface area contributed by atoms with Gasteiger partial charge in [0, 0.05) is 30.6 Å². The van der Waals surface area contributed by atoms with E-state index in [1.807, 2.05) is 0 Å². The van der Waals surface area contributed by atoms with Crippen molar-refractivity contribution in [1.29, 1.82) is 0 Å². The number of hydrogen-bond acceptors (Lipinski definition) is 5. The summed E-state index contributed by atoms with van der Waals surface area (Å²) < 4.78 is 5.22. The van der Waals surface area contributed by atoms with E-state index in [1.54, 1.807) is 6.07 Å². The van der Waals surface area contributed by atoms with Crippen molar-refractivity contribution in [2.75, 3.05) is 6.61 Å². The van der Waals surface area contributed by atoms with Gasteiger partial charge in [-0.2, -0.15) is 0 Å². The van der Waals surface area contributed by atoms with Gasteiger partial charge >= 0.3 is 7.12 Å². The highest BCUT2D eigenvalue weighted by Gasteiger charge is 2.33. The Kier molecular flexibility index (Phi) is 2.85. The van der Waals surface area contributed by atoms with Crippen molar-refractivity contribution in [2.45, 2.75) is 12.2 Å². The standard InChI is InChI=1S/C10H12BNO4/c1-6(14)9-10-8(2-3-12-9)7(5-13)4-11(15)16-10/h2-3,7,13-15H,1,4-5H2. The number of nitrogens with zero attached hydrogens (tertiary/aromatic N) is 1. The average molecular weight is 221 g/mol. The molecule has 16 heavy (non-hydrogen) atoms. The van der Waals surface area contributed by atoms with Crippen LogP contribution in [0.5, 0.6) is 5.75 Å². The second-order valence-electron chi connectivity index (χ2n) is 3.71. The Morgan fingerprint density at radius 2 is 2.44 bits per heavy atom. The molecule has 0 fully saturated rings. The van der Waals surface area contributed by atoms with Crippen LogP contribution in [-0.2, 0) is 0 Å². The first-order valence-electron chi connectivity index (χ1n) is 4.96. The summed E-state index contributed by atoms with van der Waals surface area (Å²) in [5.74, 6) is -0.129. The summed E-state index contributed by atoms with van der Waals surface area (Å²) in [6.07, 6.45) is 1.84. The Morgan fingerprint density at radius 1 is 1.69 bits per heavy atom. The van der Waals surface area contributed by atoms with Crippen LogP contribution >= 0.6 is 0 Å². The van der Waals surface area contributed by atoms with Gasteiger partial charge < -0.3 is 19.9 Å². The van der Waals surface area contributed by atoms with E-state index in [2.05, 4.69) is 11.6 Å². The minimum atomic E-state index is -0.994. The maximum absolute atomic E-state index is 9.49. The average Bonchev–Trinajstić information content (AvgIpc) is 2.26. The molecule has 84 valence electrons. The molecule has 1 unspecified atom stereocenters. The molecule has 5 nitrogen and oxygen atoms in total. The zero-order chi connectivity index (χ0) is 11.7. The van der Waals surface area contributed by atoms with Gasteiger partial charge in [0.25, 0.3) is 0 Å². The van der Waals surface area contributed by atoms with E-state index in [9.17, 15) is 15.2 Å². The van der Waals surface area contributed by atoms with Crippen molar-refractivity contribution in [3.8, 4) is 5.75 Å². The smallest absolute Gasteiger partial charge is 0.523 e. The molecule has 1 atom stereocenters. The molecule has 1 aliphatic rings. The molecule has 0 saturated heterocycles. The molecule has 1 aromatic heterocycles. The monoisotopic (exact) mass is 221 g/mol. The first kappa shape index (κ1) is 11.0. The van der Waals surface area contributed by atoms with Gasteiger partial charge in [0.1, 0.15) is 17.2 Å². The van der Waals surface area contributed by atoms with E-state index in [1.165, 1.54) is 6.20 Å². The van der Waals surface area contributed by atoms with E-state index in [0.717, 1.165) is 5.56 Å². The first-order valence-corrected chi connectivity index (χ1v) is 4.96. The van der Waals surface area contributed by atoms with Gasteiger partial charge in [0.15, 0.2) is 0 Å². The lowest BCUT2D eigenvalue weighted by atomic mass is 9.72. The van der Waals surface area contributed by atoms with E-state index in [0.29, 0.717) is 12.1 Å². The molecule has 0 aromatic carbocycles. The summed E-state index contributed by atoms with van der Waals surface area (Å²) in [5, 5.41) is 28.0. The van der Waals surface area contributed by atoms with E-state index in [4.69, 9.17) is 4.65 Å². The van der Waals surface area contributed by atoms with Gasteiger partial charge in [0.05, 0.1) is 0 Å². The predicted molar refractivity (Wildman–Crippen MR) is 59.1 cm³/mol. The molecule has 1 aromatic rings. The molecule has 6 heteroatoms. The van der Waals surface area contributed by atoms with Crippen molar-refractivity contribution in [3.63, 3.8) is 0 Å². The third kappa shape index (κ3) is 1.77. The van der Waals surface area contributed by atoms with Crippen molar-refractivity contribution in [1.82, 2.24) is 4.98 Å². The molecule has 0 saturated carbocycles. The largest absolute Gasteiger partial charge is 0.534 e. The Balaban J connectivity index is 2.52. The first-order chi connectivity index (χ1) is 7.63. The Hall–Kier alpha value is -1.53. The number of hydrogen-bond donors (Lipinski definition) is 3. The second-order valence-corrected chi connectivity index (χ2v) is 3.71. The van der Waals surface area contributed by atoms with Crippen LogP contribution in [0.3, 0.4) is 0 Å². The number of rotatable bonds is 2. The molecule has 2 rings (SSSR count). The maximum Gasteiger partial charge on any atom is 0.523 e. The predicted octanol–water partition coefficient (Wildman–Crippen LogP) is 0.559. The fourth-order valence-electron chi connectivity index (χ4n) is 1.84. The quantitative estimate of drug-likeness (QED) is 0.502. The SMILES string of the molecule is C=C(O)c1nccc2c1OB(O)CC2CO. The highest BCUT2D eigenvalue weighted by atomic mass is 16.5. The van der Waals surface area contributed by atoms with Crippen LogP contribution < -0.4 is 4.65 Å². The minimum absolute atomic E-state index is 0.0885. The molecule has 1 aliphatic heterocycles. The zero-order valence-electron chi connectivity index (χ0n) is 8.63. The van der Waals surface area contributed by atoms with Gasteiger partial charge in [-0.1, -0.05) is 6.58 Å². The van der Waals surface area contributed by atoms with Gasteiger partial charge in [-0.25, -0.2) is 4.98 Å².